The predicted octanol–water partition coefficient (Wildman–Crippen LogP) is 2.29. The Labute approximate surface area is 120 Å². The molecule has 108 valence electrons. The zero-order chi connectivity index (χ0) is 15.0. The summed E-state index contributed by atoms with van der Waals surface area (Å²) < 4.78 is 14.4. The fraction of sp³-hybridized carbons (Fsp3) is 0.267. The van der Waals surface area contributed by atoms with Gasteiger partial charge in [-0.15, -0.1) is 0 Å². The van der Waals surface area contributed by atoms with Crippen molar-refractivity contribution >= 4 is 11.8 Å². The lowest BCUT2D eigenvalue weighted by Gasteiger charge is -2.12. The van der Waals surface area contributed by atoms with E-state index >= 15 is 0 Å². The van der Waals surface area contributed by atoms with Crippen molar-refractivity contribution in [1.29, 1.82) is 0 Å². The minimum absolute atomic E-state index is 0.0350. The second-order valence-electron chi connectivity index (χ2n) is 5.01. The molecule has 3 rings (SSSR count). The number of aliphatic carboxylic acids is 1. The summed E-state index contributed by atoms with van der Waals surface area (Å²) >= 11 is 0. The van der Waals surface area contributed by atoms with Crippen LogP contribution in [0.25, 0.3) is 11.3 Å². The first-order valence-electron chi connectivity index (χ1n) is 6.67. The van der Waals surface area contributed by atoms with Crippen molar-refractivity contribution in [2.24, 2.45) is 0 Å². The van der Waals surface area contributed by atoms with Gasteiger partial charge in [0.05, 0.1) is 11.3 Å². The van der Waals surface area contributed by atoms with Crippen LogP contribution >= 0.6 is 0 Å². The molecule has 6 heteroatoms. The summed E-state index contributed by atoms with van der Waals surface area (Å²) in [5.74, 6) is -1.42. The Hall–Kier alpha value is -2.50. The quantitative estimate of drug-likeness (QED) is 0.940. The van der Waals surface area contributed by atoms with Crippen molar-refractivity contribution in [3.63, 3.8) is 0 Å². The molecule has 0 aliphatic heterocycles. The molecule has 1 aliphatic carbocycles. The fourth-order valence-corrected chi connectivity index (χ4v) is 2.65. The summed E-state index contributed by atoms with van der Waals surface area (Å²) in [6.45, 7) is -0.281. The van der Waals surface area contributed by atoms with E-state index in [1.165, 1.54) is 16.8 Å². The van der Waals surface area contributed by atoms with Gasteiger partial charge >= 0.3 is 5.97 Å². The van der Waals surface area contributed by atoms with Gasteiger partial charge in [0.2, 0.25) is 0 Å². The monoisotopic (exact) mass is 288 g/mol. The fourth-order valence-electron chi connectivity index (χ4n) is 2.65. The Morgan fingerprint density at radius 3 is 2.67 bits per heavy atom. The van der Waals surface area contributed by atoms with Crippen molar-refractivity contribution in [3.8, 4) is 11.3 Å². The molecule has 0 saturated heterocycles. The summed E-state index contributed by atoms with van der Waals surface area (Å²) in [6.07, 6.45) is 1.75. The van der Waals surface area contributed by atoms with Gasteiger partial charge in [-0.3, -0.25) is 14.3 Å². The van der Waals surface area contributed by atoms with E-state index in [4.69, 9.17) is 5.11 Å². The number of Topliss-reactive ketones (excluding diaryl/α,β-unsaturated/α-hetero) is 1. The average molecular weight is 288 g/mol. The van der Waals surface area contributed by atoms with E-state index in [1.807, 2.05) is 0 Å². The number of benzene rings is 1. The van der Waals surface area contributed by atoms with Crippen LogP contribution in [0.5, 0.6) is 0 Å². The highest BCUT2D eigenvalue weighted by molar-refractivity contribution is 6.03. The van der Waals surface area contributed by atoms with Crippen molar-refractivity contribution in [2.45, 2.75) is 25.8 Å². The molecule has 0 bridgehead atoms. The van der Waals surface area contributed by atoms with Crippen LogP contribution < -0.4 is 0 Å². The van der Waals surface area contributed by atoms with Gasteiger partial charge in [0, 0.05) is 12.0 Å². The molecule has 1 aromatic heterocycles. The second-order valence-corrected chi connectivity index (χ2v) is 5.01. The predicted molar refractivity (Wildman–Crippen MR) is 72.5 cm³/mol. The molecule has 1 aromatic carbocycles. The van der Waals surface area contributed by atoms with Crippen molar-refractivity contribution in [3.05, 3.63) is 41.3 Å². The highest BCUT2D eigenvalue weighted by Gasteiger charge is 2.28. The molecule has 0 unspecified atom stereocenters. The first-order chi connectivity index (χ1) is 10.1. The molecule has 0 atom stereocenters. The molecule has 1 N–H and O–H groups in total. The standard InChI is InChI=1S/C15H13FN2O3/c16-10-6-4-9(5-7-10)15-14-11(2-1-3-12(14)19)18(17-15)8-13(20)21/h4-7H,1-3,8H2,(H,20,21). The third kappa shape index (κ3) is 2.44. The number of rotatable bonds is 3. The number of ketones is 1. The normalized spacial score (nSPS) is 14.0. The van der Waals surface area contributed by atoms with Gasteiger partial charge in [-0.2, -0.15) is 5.10 Å². The second kappa shape index (κ2) is 5.12. The highest BCUT2D eigenvalue weighted by Crippen LogP contribution is 2.31. The van der Waals surface area contributed by atoms with E-state index < -0.39 is 5.97 Å². The van der Waals surface area contributed by atoms with Crippen molar-refractivity contribution < 1.29 is 19.1 Å². The molecule has 0 saturated carbocycles. The third-order valence-corrected chi connectivity index (χ3v) is 3.56. The van der Waals surface area contributed by atoms with E-state index in [-0.39, 0.29) is 18.1 Å². The van der Waals surface area contributed by atoms with Gasteiger partial charge < -0.3 is 5.11 Å². The Morgan fingerprint density at radius 2 is 2.00 bits per heavy atom. The van der Waals surface area contributed by atoms with Gasteiger partial charge in [0.15, 0.2) is 5.78 Å². The lowest BCUT2D eigenvalue weighted by Crippen LogP contribution is -2.17. The summed E-state index contributed by atoms with van der Waals surface area (Å²) in [7, 11) is 0. The molecular weight excluding hydrogens is 275 g/mol. The van der Waals surface area contributed by atoms with Gasteiger partial charge in [-0.25, -0.2) is 4.39 Å². The van der Waals surface area contributed by atoms with Crippen LogP contribution in [0.1, 0.15) is 28.9 Å². The first-order valence-corrected chi connectivity index (χ1v) is 6.67. The number of carboxylic acids is 1. The molecular formula is C15H13FN2O3. The van der Waals surface area contributed by atoms with Gasteiger partial charge in [-0.1, -0.05) is 0 Å². The molecule has 1 heterocycles. The number of aromatic nitrogens is 2. The smallest absolute Gasteiger partial charge is 0.325 e. The number of carboxylic acid groups (broad SMARTS) is 1. The minimum atomic E-state index is -1.01. The van der Waals surface area contributed by atoms with Crippen LogP contribution in [-0.4, -0.2) is 26.6 Å². The van der Waals surface area contributed by atoms with Gasteiger partial charge in [0.25, 0.3) is 0 Å². The SMILES string of the molecule is O=C(O)Cn1nc(-c2ccc(F)cc2)c2c1CCCC2=O. The number of carbonyl (C=O) groups excluding carboxylic acids is 1. The lowest BCUT2D eigenvalue weighted by atomic mass is 9.92. The topological polar surface area (TPSA) is 72.2 Å². The van der Waals surface area contributed by atoms with Gasteiger partial charge in [0.1, 0.15) is 18.1 Å². The Bertz CT molecular complexity index is 719. The summed E-state index contributed by atoms with van der Waals surface area (Å²) in [5.41, 5.74) is 2.20. The van der Waals surface area contributed by atoms with Crippen LogP contribution in [0.15, 0.2) is 24.3 Å². The number of hydrogen-bond acceptors (Lipinski definition) is 3. The number of nitrogens with zero attached hydrogens (tertiary/aromatic N) is 2. The molecule has 2 aromatic rings. The maximum atomic E-state index is 13.0. The lowest BCUT2D eigenvalue weighted by molar-refractivity contribution is -0.137. The average Bonchev–Trinajstić information content (AvgIpc) is 2.79. The molecule has 0 spiro atoms. The number of fused-ring (bicyclic) bond motifs is 1. The summed E-state index contributed by atoms with van der Waals surface area (Å²) in [5, 5.41) is 13.2. The highest BCUT2D eigenvalue weighted by atomic mass is 19.1. The maximum Gasteiger partial charge on any atom is 0.325 e. The van der Waals surface area contributed by atoms with Crippen LogP contribution in [0, 0.1) is 5.82 Å². The molecule has 21 heavy (non-hydrogen) atoms. The van der Waals surface area contributed by atoms with Crippen LogP contribution in [-0.2, 0) is 17.8 Å². The zero-order valence-corrected chi connectivity index (χ0v) is 11.2. The van der Waals surface area contributed by atoms with Crippen molar-refractivity contribution in [1.82, 2.24) is 9.78 Å². The number of carbonyl (C=O) groups is 2. The summed E-state index contributed by atoms with van der Waals surface area (Å²) in [6, 6.07) is 5.69. The van der Waals surface area contributed by atoms with Crippen LogP contribution in [0.2, 0.25) is 0 Å². The molecule has 5 nitrogen and oxygen atoms in total. The third-order valence-electron chi connectivity index (χ3n) is 3.56. The van der Waals surface area contributed by atoms with E-state index in [1.54, 1.807) is 12.1 Å². The molecule has 1 aliphatic rings. The van der Waals surface area contributed by atoms with E-state index in [2.05, 4.69) is 5.10 Å². The van der Waals surface area contributed by atoms with Gasteiger partial charge in [-0.05, 0) is 37.1 Å². The minimum Gasteiger partial charge on any atom is -0.480 e. The number of hydrogen-bond donors (Lipinski definition) is 1. The zero-order valence-electron chi connectivity index (χ0n) is 11.2. The largest absolute Gasteiger partial charge is 0.480 e. The Balaban J connectivity index is 2.15. The van der Waals surface area contributed by atoms with Crippen LogP contribution in [0.4, 0.5) is 4.39 Å². The Kier molecular flexibility index (Phi) is 3.29. The number of halogens is 1. The first kappa shape index (κ1) is 13.5. The van der Waals surface area contributed by atoms with E-state index in [0.29, 0.717) is 41.8 Å². The van der Waals surface area contributed by atoms with Crippen LogP contribution in [0.3, 0.4) is 0 Å². The Morgan fingerprint density at radius 1 is 1.29 bits per heavy atom. The molecule has 0 amide bonds. The van der Waals surface area contributed by atoms with Crippen molar-refractivity contribution in [2.75, 3.05) is 0 Å². The maximum absolute atomic E-state index is 13.0. The van der Waals surface area contributed by atoms with E-state index in [9.17, 15) is 14.0 Å². The summed E-state index contributed by atoms with van der Waals surface area (Å²) in [4.78, 5) is 23.1. The van der Waals surface area contributed by atoms with E-state index in [0.717, 1.165) is 0 Å². The molecule has 0 radical (unpaired) electrons. The molecule has 0 fully saturated rings.